The lowest BCUT2D eigenvalue weighted by atomic mass is 9.85. The zero-order valence-electron chi connectivity index (χ0n) is 20.6. The van der Waals surface area contributed by atoms with E-state index in [4.69, 9.17) is 9.47 Å². The number of carbonyl (C=O) groups excluding carboxylic acids is 2. The summed E-state index contributed by atoms with van der Waals surface area (Å²) in [7, 11) is 3.22. The number of nitrogens with zero attached hydrogens (tertiary/aromatic N) is 2. The fourth-order valence-electron chi connectivity index (χ4n) is 6.04. The van der Waals surface area contributed by atoms with E-state index < -0.39 is 6.04 Å². The van der Waals surface area contributed by atoms with Crippen molar-refractivity contribution in [1.82, 2.24) is 9.80 Å². The van der Waals surface area contributed by atoms with Gasteiger partial charge in [0.2, 0.25) is 5.91 Å². The third-order valence-corrected chi connectivity index (χ3v) is 8.01. The molecule has 1 aliphatic heterocycles. The zero-order chi connectivity index (χ0) is 23.4. The van der Waals surface area contributed by atoms with Crippen LogP contribution >= 0.6 is 0 Å². The van der Waals surface area contributed by atoms with Gasteiger partial charge in [-0.05, 0) is 62.1 Å². The van der Waals surface area contributed by atoms with Crippen molar-refractivity contribution in [3.8, 4) is 11.5 Å². The normalized spacial score (nSPS) is 27.8. The van der Waals surface area contributed by atoms with Crippen molar-refractivity contribution < 1.29 is 19.1 Å². The van der Waals surface area contributed by atoms with Crippen LogP contribution in [0.3, 0.4) is 0 Å². The van der Waals surface area contributed by atoms with Crippen LogP contribution in [-0.2, 0) is 9.59 Å². The van der Waals surface area contributed by atoms with Gasteiger partial charge in [0.15, 0.2) is 11.5 Å². The number of methoxy groups -OCH3 is 2. The number of piperazine rings is 1. The minimum absolute atomic E-state index is 0.0726. The molecule has 33 heavy (non-hydrogen) atoms. The number of amides is 2. The number of hydrogen-bond acceptors (Lipinski definition) is 4. The molecule has 0 aromatic heterocycles. The first-order valence-electron chi connectivity index (χ1n) is 12.9. The standard InChI is InChI=1S/C27H40N2O4/c1-19-11-14-21(15-12-19)28-18-25(30)29(22-9-7-5-4-6-8-10-22)26(27(28)31)20-13-16-23(32-2)24(17-20)33-3/h13,16-17,19,21-22,26H,4-12,14-15,18H2,1-3H3/t19?,21?,26-/m1/s1. The second kappa shape index (κ2) is 10.8. The summed E-state index contributed by atoms with van der Waals surface area (Å²) >= 11 is 0. The van der Waals surface area contributed by atoms with Crippen molar-refractivity contribution in [3.63, 3.8) is 0 Å². The second-order valence-corrected chi connectivity index (χ2v) is 10.2. The van der Waals surface area contributed by atoms with Gasteiger partial charge in [-0.15, -0.1) is 0 Å². The minimum atomic E-state index is -0.588. The van der Waals surface area contributed by atoms with Gasteiger partial charge >= 0.3 is 0 Å². The molecule has 3 fully saturated rings. The van der Waals surface area contributed by atoms with Crippen molar-refractivity contribution in [2.45, 2.75) is 95.7 Å². The molecule has 3 aliphatic rings. The van der Waals surface area contributed by atoms with Crippen molar-refractivity contribution in [1.29, 1.82) is 0 Å². The Kier molecular flexibility index (Phi) is 7.82. The molecule has 1 aromatic carbocycles. The molecule has 0 bridgehead atoms. The van der Waals surface area contributed by atoms with Crippen molar-refractivity contribution in [2.75, 3.05) is 20.8 Å². The maximum atomic E-state index is 14.1. The maximum absolute atomic E-state index is 14.1. The highest BCUT2D eigenvalue weighted by atomic mass is 16.5. The van der Waals surface area contributed by atoms with Crippen LogP contribution in [0.5, 0.6) is 11.5 Å². The zero-order valence-corrected chi connectivity index (χ0v) is 20.6. The van der Waals surface area contributed by atoms with Gasteiger partial charge in [0.25, 0.3) is 5.91 Å². The molecule has 4 rings (SSSR count). The van der Waals surface area contributed by atoms with Gasteiger partial charge in [0.05, 0.1) is 14.2 Å². The average Bonchev–Trinajstić information content (AvgIpc) is 2.80. The molecule has 1 heterocycles. The fourth-order valence-corrected chi connectivity index (χ4v) is 6.04. The Morgan fingerprint density at radius 3 is 2.06 bits per heavy atom. The van der Waals surface area contributed by atoms with E-state index in [1.54, 1.807) is 14.2 Å². The summed E-state index contributed by atoms with van der Waals surface area (Å²) < 4.78 is 11.0. The number of ether oxygens (including phenoxy) is 2. The molecular weight excluding hydrogens is 416 g/mol. The molecule has 6 nitrogen and oxygen atoms in total. The van der Waals surface area contributed by atoms with Crippen LogP contribution in [-0.4, -0.2) is 54.5 Å². The number of rotatable bonds is 5. The van der Waals surface area contributed by atoms with E-state index in [1.165, 1.54) is 19.3 Å². The molecule has 1 aromatic rings. The first-order valence-corrected chi connectivity index (χ1v) is 12.9. The molecule has 2 saturated carbocycles. The molecule has 1 atom stereocenters. The van der Waals surface area contributed by atoms with Crippen LogP contribution in [0.25, 0.3) is 0 Å². The van der Waals surface area contributed by atoms with E-state index in [0.717, 1.165) is 56.9 Å². The van der Waals surface area contributed by atoms with E-state index in [-0.39, 0.29) is 30.4 Å². The highest BCUT2D eigenvalue weighted by Gasteiger charge is 2.45. The summed E-state index contributed by atoms with van der Waals surface area (Å²) in [6.45, 7) is 2.50. The number of hydrogen-bond donors (Lipinski definition) is 0. The van der Waals surface area contributed by atoms with Crippen molar-refractivity contribution in [3.05, 3.63) is 23.8 Å². The van der Waals surface area contributed by atoms with E-state index in [0.29, 0.717) is 17.4 Å². The van der Waals surface area contributed by atoms with Crippen LogP contribution in [0.2, 0.25) is 0 Å². The van der Waals surface area contributed by atoms with Crippen LogP contribution < -0.4 is 9.47 Å². The lowest BCUT2D eigenvalue weighted by molar-refractivity contribution is -0.162. The Morgan fingerprint density at radius 1 is 0.788 bits per heavy atom. The third kappa shape index (κ3) is 5.15. The van der Waals surface area contributed by atoms with E-state index in [9.17, 15) is 9.59 Å². The van der Waals surface area contributed by atoms with E-state index in [1.807, 2.05) is 28.0 Å². The van der Waals surface area contributed by atoms with Gasteiger partial charge < -0.3 is 19.3 Å². The first-order chi connectivity index (χ1) is 16.0. The van der Waals surface area contributed by atoms with Gasteiger partial charge in [-0.2, -0.15) is 0 Å². The fraction of sp³-hybridized carbons (Fsp3) is 0.704. The summed E-state index contributed by atoms with van der Waals surface area (Å²) in [6, 6.07) is 5.36. The largest absolute Gasteiger partial charge is 0.493 e. The predicted octanol–water partition coefficient (Wildman–Crippen LogP) is 5.11. The molecule has 2 amide bonds. The van der Waals surface area contributed by atoms with Gasteiger partial charge in [0.1, 0.15) is 12.6 Å². The molecule has 6 heteroatoms. The molecule has 182 valence electrons. The molecule has 0 radical (unpaired) electrons. The highest BCUT2D eigenvalue weighted by Crippen LogP contribution is 2.39. The summed E-state index contributed by atoms with van der Waals surface area (Å²) in [4.78, 5) is 31.6. The number of carbonyl (C=O) groups is 2. The van der Waals surface area contributed by atoms with Crippen molar-refractivity contribution >= 4 is 11.8 Å². The monoisotopic (exact) mass is 456 g/mol. The summed E-state index contributed by atoms with van der Waals surface area (Å²) in [6.07, 6.45) is 12.1. The second-order valence-electron chi connectivity index (χ2n) is 10.2. The molecule has 2 aliphatic carbocycles. The van der Waals surface area contributed by atoms with Gasteiger partial charge in [-0.3, -0.25) is 9.59 Å². The SMILES string of the molecule is COc1ccc([C@@H]2C(=O)N(C3CCC(C)CC3)CC(=O)N2C2CCCCCCC2)cc1OC. The maximum Gasteiger partial charge on any atom is 0.250 e. The molecular formula is C27H40N2O4. The van der Waals surface area contributed by atoms with Gasteiger partial charge in [-0.25, -0.2) is 0 Å². The molecule has 1 saturated heterocycles. The smallest absolute Gasteiger partial charge is 0.250 e. The van der Waals surface area contributed by atoms with E-state index in [2.05, 4.69) is 6.92 Å². The average molecular weight is 457 g/mol. The lowest BCUT2D eigenvalue weighted by Gasteiger charge is -2.48. The molecule has 0 N–H and O–H groups in total. The van der Waals surface area contributed by atoms with Crippen molar-refractivity contribution in [2.24, 2.45) is 5.92 Å². The lowest BCUT2D eigenvalue weighted by Crippen LogP contribution is -2.61. The summed E-state index contributed by atoms with van der Waals surface area (Å²) in [5.74, 6) is 2.09. The van der Waals surface area contributed by atoms with Crippen LogP contribution in [0.1, 0.15) is 89.2 Å². The third-order valence-electron chi connectivity index (χ3n) is 8.01. The van der Waals surface area contributed by atoms with Gasteiger partial charge in [-0.1, -0.05) is 45.1 Å². The Bertz CT molecular complexity index is 825. The topological polar surface area (TPSA) is 59.1 Å². The Morgan fingerprint density at radius 2 is 1.42 bits per heavy atom. The van der Waals surface area contributed by atoms with Crippen LogP contribution in [0.4, 0.5) is 0 Å². The predicted molar refractivity (Wildman–Crippen MR) is 128 cm³/mol. The Labute approximate surface area is 198 Å². The minimum Gasteiger partial charge on any atom is -0.493 e. The molecule has 0 spiro atoms. The Hall–Kier alpha value is -2.24. The number of benzene rings is 1. The highest BCUT2D eigenvalue weighted by molar-refractivity contribution is 5.96. The molecule has 0 unspecified atom stereocenters. The first kappa shape index (κ1) is 23.9. The van der Waals surface area contributed by atoms with Gasteiger partial charge in [0, 0.05) is 12.1 Å². The quantitative estimate of drug-likeness (QED) is 0.618. The van der Waals surface area contributed by atoms with E-state index >= 15 is 0 Å². The van der Waals surface area contributed by atoms with Crippen LogP contribution in [0.15, 0.2) is 18.2 Å². The Balaban J connectivity index is 1.69. The summed E-state index contributed by atoms with van der Waals surface area (Å²) in [5.41, 5.74) is 0.821. The summed E-state index contributed by atoms with van der Waals surface area (Å²) in [5, 5.41) is 0. The van der Waals surface area contributed by atoms with Crippen LogP contribution in [0, 0.1) is 5.92 Å².